The molecule has 0 aliphatic carbocycles. The molecule has 1 aliphatic rings. The zero-order chi connectivity index (χ0) is 20.7. The van der Waals surface area contributed by atoms with Crippen LogP contribution in [0.4, 0.5) is 4.79 Å². The summed E-state index contributed by atoms with van der Waals surface area (Å²) in [4.78, 5) is 18.7. The number of ether oxygens (including phenoxy) is 2. The highest BCUT2D eigenvalue weighted by atomic mass is 127. The standard InChI is InChI=1S/C20H32N4O4.HI/c1-6-21-18(22-12-14-8-7-9-16(27-5)17(14)25)24-11-10-15(13-24)23-19(26)28-20(2,3)4;/h7-9,15,25H,6,10-13H2,1-5H3,(H,21,22)(H,23,26);1H. The summed E-state index contributed by atoms with van der Waals surface area (Å²) in [6.45, 7) is 10.0. The molecular formula is C20H33IN4O4. The van der Waals surface area contributed by atoms with E-state index in [1.807, 2.05) is 39.8 Å². The van der Waals surface area contributed by atoms with Crippen molar-refractivity contribution < 1.29 is 19.4 Å². The van der Waals surface area contributed by atoms with Crippen LogP contribution < -0.4 is 15.4 Å². The van der Waals surface area contributed by atoms with Gasteiger partial charge in [-0.3, -0.25) is 0 Å². The quantitative estimate of drug-likeness (QED) is 0.314. The van der Waals surface area contributed by atoms with E-state index in [0.717, 1.165) is 25.5 Å². The van der Waals surface area contributed by atoms with Crippen LogP contribution in [0.15, 0.2) is 23.2 Å². The van der Waals surface area contributed by atoms with Crippen molar-refractivity contribution in [2.24, 2.45) is 4.99 Å². The molecule has 1 amide bonds. The number of hydrogen-bond acceptors (Lipinski definition) is 5. The van der Waals surface area contributed by atoms with Crippen LogP contribution in [0.2, 0.25) is 0 Å². The van der Waals surface area contributed by atoms with E-state index in [4.69, 9.17) is 9.47 Å². The number of hydrogen-bond donors (Lipinski definition) is 3. The molecule has 0 radical (unpaired) electrons. The van der Waals surface area contributed by atoms with E-state index in [1.165, 1.54) is 7.11 Å². The fraction of sp³-hybridized carbons (Fsp3) is 0.600. The van der Waals surface area contributed by atoms with Gasteiger partial charge < -0.3 is 30.1 Å². The SMILES string of the molecule is CCNC(=NCc1cccc(OC)c1O)N1CCC(NC(=O)OC(C)(C)C)C1.I. The average Bonchev–Trinajstić information content (AvgIpc) is 3.06. The number of carbonyl (C=O) groups excluding carboxylic acids is 1. The fourth-order valence-electron chi connectivity index (χ4n) is 2.99. The second kappa shape index (κ2) is 11.3. The maximum absolute atomic E-state index is 12.0. The number of nitrogens with zero attached hydrogens (tertiary/aromatic N) is 2. The van der Waals surface area contributed by atoms with Gasteiger partial charge in [0.15, 0.2) is 17.5 Å². The maximum Gasteiger partial charge on any atom is 0.407 e. The van der Waals surface area contributed by atoms with Gasteiger partial charge >= 0.3 is 6.09 Å². The number of guanidine groups is 1. The van der Waals surface area contributed by atoms with E-state index >= 15 is 0 Å². The Morgan fingerprint density at radius 1 is 1.38 bits per heavy atom. The zero-order valence-corrected chi connectivity index (χ0v) is 20.1. The van der Waals surface area contributed by atoms with Crippen molar-refractivity contribution in [3.05, 3.63) is 23.8 Å². The molecule has 1 fully saturated rings. The summed E-state index contributed by atoms with van der Waals surface area (Å²) in [6.07, 6.45) is 0.413. The van der Waals surface area contributed by atoms with Crippen molar-refractivity contribution >= 4 is 36.0 Å². The summed E-state index contributed by atoms with van der Waals surface area (Å²) in [5.74, 6) is 1.29. The van der Waals surface area contributed by atoms with Gasteiger partial charge in [0, 0.05) is 25.2 Å². The minimum Gasteiger partial charge on any atom is -0.504 e. The predicted molar refractivity (Wildman–Crippen MR) is 124 cm³/mol. The number of halogens is 1. The highest BCUT2D eigenvalue weighted by Crippen LogP contribution is 2.29. The molecule has 1 saturated heterocycles. The largest absolute Gasteiger partial charge is 0.504 e. The number of methoxy groups -OCH3 is 1. The van der Waals surface area contributed by atoms with E-state index in [0.29, 0.717) is 24.4 Å². The summed E-state index contributed by atoms with van der Waals surface area (Å²) >= 11 is 0. The van der Waals surface area contributed by atoms with Crippen molar-refractivity contribution in [1.29, 1.82) is 0 Å². The number of phenols is 1. The third-order valence-electron chi connectivity index (χ3n) is 4.25. The Labute approximate surface area is 190 Å². The van der Waals surface area contributed by atoms with Crippen LogP contribution in [0, 0.1) is 0 Å². The van der Waals surface area contributed by atoms with Crippen LogP contribution >= 0.6 is 24.0 Å². The lowest BCUT2D eigenvalue weighted by Crippen LogP contribution is -2.44. The lowest BCUT2D eigenvalue weighted by Gasteiger charge is -2.23. The molecule has 1 unspecified atom stereocenters. The number of amides is 1. The van der Waals surface area contributed by atoms with Crippen LogP contribution in [0.1, 0.15) is 39.7 Å². The molecule has 1 aromatic carbocycles. The first kappa shape index (κ1) is 25.1. The first-order valence-corrected chi connectivity index (χ1v) is 9.61. The summed E-state index contributed by atoms with van der Waals surface area (Å²) in [6, 6.07) is 5.36. The number of benzene rings is 1. The lowest BCUT2D eigenvalue weighted by atomic mass is 10.2. The Hall–Kier alpha value is -1.91. The van der Waals surface area contributed by atoms with Crippen LogP contribution in [0.25, 0.3) is 0 Å². The third kappa shape index (κ3) is 7.79. The number of nitrogens with one attached hydrogen (secondary N) is 2. The third-order valence-corrected chi connectivity index (χ3v) is 4.25. The molecule has 2 rings (SSSR count). The van der Waals surface area contributed by atoms with Crippen molar-refractivity contribution in [2.75, 3.05) is 26.7 Å². The van der Waals surface area contributed by atoms with Gasteiger partial charge in [-0.15, -0.1) is 24.0 Å². The number of likely N-dealkylation sites (tertiary alicyclic amines) is 1. The van der Waals surface area contributed by atoms with E-state index in [1.54, 1.807) is 6.07 Å². The Morgan fingerprint density at radius 2 is 2.10 bits per heavy atom. The second-order valence-corrected chi connectivity index (χ2v) is 7.72. The van der Waals surface area contributed by atoms with Gasteiger partial charge in [0.05, 0.1) is 19.7 Å². The molecule has 1 aliphatic heterocycles. The smallest absolute Gasteiger partial charge is 0.407 e. The zero-order valence-electron chi connectivity index (χ0n) is 17.8. The molecule has 0 spiro atoms. The monoisotopic (exact) mass is 520 g/mol. The first-order chi connectivity index (χ1) is 13.2. The minimum absolute atomic E-state index is 0. The minimum atomic E-state index is -0.516. The average molecular weight is 520 g/mol. The Bertz CT molecular complexity index is 706. The summed E-state index contributed by atoms with van der Waals surface area (Å²) in [7, 11) is 1.52. The summed E-state index contributed by atoms with van der Waals surface area (Å²) < 4.78 is 10.5. The van der Waals surface area contributed by atoms with Crippen molar-refractivity contribution in [1.82, 2.24) is 15.5 Å². The molecule has 164 valence electrons. The fourth-order valence-corrected chi connectivity index (χ4v) is 2.99. The highest BCUT2D eigenvalue weighted by Gasteiger charge is 2.27. The first-order valence-electron chi connectivity index (χ1n) is 9.61. The van der Waals surface area contributed by atoms with Gasteiger partial charge in [-0.05, 0) is 40.2 Å². The van der Waals surface area contributed by atoms with Gasteiger partial charge in [-0.2, -0.15) is 0 Å². The summed E-state index contributed by atoms with van der Waals surface area (Å²) in [5, 5.41) is 16.4. The van der Waals surface area contributed by atoms with Crippen molar-refractivity contribution in [3.63, 3.8) is 0 Å². The number of alkyl carbamates (subject to hydrolysis) is 1. The predicted octanol–water partition coefficient (Wildman–Crippen LogP) is 3.08. The van der Waals surface area contributed by atoms with Gasteiger partial charge in [0.1, 0.15) is 5.60 Å². The van der Waals surface area contributed by atoms with Crippen LogP contribution in [0.5, 0.6) is 11.5 Å². The molecule has 0 saturated carbocycles. The highest BCUT2D eigenvalue weighted by molar-refractivity contribution is 14.0. The van der Waals surface area contributed by atoms with E-state index in [9.17, 15) is 9.90 Å². The molecule has 1 atom stereocenters. The van der Waals surface area contributed by atoms with E-state index in [-0.39, 0.29) is 35.8 Å². The normalized spacial score (nSPS) is 16.8. The Kier molecular flexibility index (Phi) is 9.81. The van der Waals surface area contributed by atoms with Crippen LogP contribution in [0.3, 0.4) is 0 Å². The number of para-hydroxylation sites is 1. The lowest BCUT2D eigenvalue weighted by molar-refractivity contribution is 0.0507. The number of rotatable bonds is 5. The summed E-state index contributed by atoms with van der Waals surface area (Å²) in [5.41, 5.74) is 0.176. The van der Waals surface area contributed by atoms with Gasteiger partial charge in [0.25, 0.3) is 0 Å². The van der Waals surface area contributed by atoms with Crippen molar-refractivity contribution in [2.45, 2.75) is 52.3 Å². The molecule has 3 N–H and O–H groups in total. The maximum atomic E-state index is 12.0. The van der Waals surface area contributed by atoms with Gasteiger partial charge in [0.2, 0.25) is 0 Å². The molecule has 29 heavy (non-hydrogen) atoms. The number of aliphatic imine (C=N–C) groups is 1. The van der Waals surface area contributed by atoms with Crippen molar-refractivity contribution in [3.8, 4) is 11.5 Å². The molecule has 9 heteroatoms. The second-order valence-electron chi connectivity index (χ2n) is 7.72. The molecule has 1 aromatic rings. The van der Waals surface area contributed by atoms with Crippen LogP contribution in [-0.4, -0.2) is 60.4 Å². The van der Waals surface area contributed by atoms with E-state index < -0.39 is 11.7 Å². The van der Waals surface area contributed by atoms with Gasteiger partial charge in [-0.25, -0.2) is 9.79 Å². The molecule has 1 heterocycles. The molecule has 0 aromatic heterocycles. The number of phenolic OH excluding ortho intramolecular Hbond substituents is 1. The molecule has 8 nitrogen and oxygen atoms in total. The Balaban J connectivity index is 0.00000420. The van der Waals surface area contributed by atoms with Gasteiger partial charge in [-0.1, -0.05) is 12.1 Å². The molecular weight excluding hydrogens is 487 g/mol. The number of carbonyl (C=O) groups is 1. The van der Waals surface area contributed by atoms with Crippen LogP contribution in [-0.2, 0) is 11.3 Å². The topological polar surface area (TPSA) is 95.4 Å². The Morgan fingerprint density at radius 3 is 2.72 bits per heavy atom. The number of aromatic hydroxyl groups is 1. The van der Waals surface area contributed by atoms with E-state index in [2.05, 4.69) is 20.5 Å². The molecule has 0 bridgehead atoms.